The number of benzene rings is 1. The second-order valence-corrected chi connectivity index (χ2v) is 8.64. The van der Waals surface area contributed by atoms with Gasteiger partial charge >= 0.3 is 0 Å². The molecule has 0 saturated carbocycles. The van der Waals surface area contributed by atoms with Crippen LogP contribution in [0.4, 0.5) is 0 Å². The molecule has 1 aliphatic heterocycles. The molecule has 26 heavy (non-hydrogen) atoms. The van der Waals surface area contributed by atoms with E-state index >= 15 is 0 Å². The molecule has 7 nitrogen and oxygen atoms in total. The molecule has 1 atom stereocenters. The molecule has 2 aromatic heterocycles. The van der Waals surface area contributed by atoms with Crippen LogP contribution in [0.15, 0.2) is 57.6 Å². The van der Waals surface area contributed by atoms with Gasteiger partial charge < -0.3 is 8.83 Å². The zero-order chi connectivity index (χ0) is 18.0. The Bertz CT molecular complexity index is 952. The van der Waals surface area contributed by atoms with E-state index in [1.165, 1.54) is 0 Å². The summed E-state index contributed by atoms with van der Waals surface area (Å²) in [5, 5.41) is 8.24. The minimum Gasteiger partial charge on any atom is -0.468 e. The van der Waals surface area contributed by atoms with Gasteiger partial charge in [-0.3, -0.25) is 4.90 Å². The number of hydrogen-bond acceptors (Lipinski definition) is 7. The molecule has 1 fully saturated rings. The smallest absolute Gasteiger partial charge is 0.247 e. The highest BCUT2D eigenvalue weighted by Gasteiger charge is 2.33. The number of rotatable bonds is 6. The molecule has 0 amide bonds. The standard InChI is InChI=1S/C18H19N3O4S/c22-26(23)10-8-15(13-26)21(11-16-7-4-9-24-16)12-17-19-20-18(25-17)14-5-2-1-3-6-14/h1-7,9,15H,8,10-13H2. The van der Waals surface area contributed by atoms with Crippen molar-refractivity contribution in [1.82, 2.24) is 15.1 Å². The molecule has 136 valence electrons. The summed E-state index contributed by atoms with van der Waals surface area (Å²) in [6.07, 6.45) is 2.21. The largest absolute Gasteiger partial charge is 0.468 e. The summed E-state index contributed by atoms with van der Waals surface area (Å²) < 4.78 is 35.0. The molecule has 1 aliphatic rings. The summed E-state index contributed by atoms with van der Waals surface area (Å²) in [5.74, 6) is 2.05. The minimum absolute atomic E-state index is 0.0859. The van der Waals surface area contributed by atoms with Crippen LogP contribution in [0, 0.1) is 0 Å². The van der Waals surface area contributed by atoms with Crippen LogP contribution >= 0.6 is 0 Å². The van der Waals surface area contributed by atoms with E-state index in [0.717, 1.165) is 11.3 Å². The van der Waals surface area contributed by atoms with Crippen LogP contribution < -0.4 is 0 Å². The van der Waals surface area contributed by atoms with Crippen molar-refractivity contribution in [1.29, 1.82) is 0 Å². The third kappa shape index (κ3) is 3.86. The fraction of sp³-hybridized carbons (Fsp3) is 0.333. The van der Waals surface area contributed by atoms with Crippen molar-refractivity contribution in [3.05, 3.63) is 60.4 Å². The molecule has 4 rings (SSSR count). The van der Waals surface area contributed by atoms with Gasteiger partial charge in [-0.25, -0.2) is 8.42 Å². The second-order valence-electron chi connectivity index (χ2n) is 6.41. The predicted molar refractivity (Wildman–Crippen MR) is 94.7 cm³/mol. The number of aromatic nitrogens is 2. The Morgan fingerprint density at radius 3 is 2.62 bits per heavy atom. The van der Waals surface area contributed by atoms with Gasteiger partial charge in [0.1, 0.15) is 5.76 Å². The topological polar surface area (TPSA) is 89.4 Å². The van der Waals surface area contributed by atoms with E-state index in [2.05, 4.69) is 10.2 Å². The molecule has 1 aromatic carbocycles. The maximum absolute atomic E-state index is 11.9. The van der Waals surface area contributed by atoms with Crippen LogP contribution in [0.2, 0.25) is 0 Å². The number of hydrogen-bond donors (Lipinski definition) is 0. The van der Waals surface area contributed by atoms with E-state index in [1.807, 2.05) is 47.4 Å². The van der Waals surface area contributed by atoms with Gasteiger partial charge in [-0.05, 0) is 30.7 Å². The van der Waals surface area contributed by atoms with E-state index in [1.54, 1.807) is 6.26 Å². The Labute approximate surface area is 151 Å². The normalized spacial score (nSPS) is 19.2. The van der Waals surface area contributed by atoms with Gasteiger partial charge in [0.05, 0.1) is 30.9 Å². The molecule has 3 aromatic rings. The molecular weight excluding hydrogens is 354 g/mol. The van der Waals surface area contributed by atoms with Gasteiger partial charge in [0.2, 0.25) is 11.8 Å². The SMILES string of the molecule is O=S1(=O)CCC(N(Cc2ccco2)Cc2nnc(-c3ccccc3)o2)C1. The van der Waals surface area contributed by atoms with Crippen LogP contribution in [0.25, 0.3) is 11.5 Å². The van der Waals surface area contributed by atoms with Crippen molar-refractivity contribution >= 4 is 9.84 Å². The lowest BCUT2D eigenvalue weighted by Crippen LogP contribution is -2.35. The molecule has 0 radical (unpaired) electrons. The average molecular weight is 373 g/mol. The first-order valence-corrected chi connectivity index (χ1v) is 10.3. The van der Waals surface area contributed by atoms with Crippen LogP contribution in [-0.2, 0) is 22.9 Å². The zero-order valence-corrected chi connectivity index (χ0v) is 14.9. The van der Waals surface area contributed by atoms with E-state index in [9.17, 15) is 8.42 Å². The first-order chi connectivity index (χ1) is 12.6. The van der Waals surface area contributed by atoms with Crippen molar-refractivity contribution in [3.8, 4) is 11.5 Å². The zero-order valence-electron chi connectivity index (χ0n) is 14.1. The predicted octanol–water partition coefficient (Wildman–Crippen LogP) is 2.52. The van der Waals surface area contributed by atoms with Gasteiger partial charge in [-0.15, -0.1) is 10.2 Å². The van der Waals surface area contributed by atoms with Gasteiger partial charge in [0, 0.05) is 11.6 Å². The maximum Gasteiger partial charge on any atom is 0.247 e. The summed E-state index contributed by atoms with van der Waals surface area (Å²) >= 11 is 0. The summed E-state index contributed by atoms with van der Waals surface area (Å²) in [7, 11) is -2.99. The van der Waals surface area contributed by atoms with E-state index < -0.39 is 9.84 Å². The number of furan rings is 1. The Kier molecular flexibility index (Phi) is 4.60. The maximum atomic E-state index is 11.9. The fourth-order valence-corrected chi connectivity index (χ4v) is 4.93. The molecule has 1 unspecified atom stereocenters. The summed E-state index contributed by atoms with van der Waals surface area (Å²) in [4.78, 5) is 2.03. The van der Waals surface area contributed by atoms with Crippen LogP contribution in [-0.4, -0.2) is 41.1 Å². The van der Waals surface area contributed by atoms with Gasteiger partial charge in [-0.1, -0.05) is 18.2 Å². The first kappa shape index (κ1) is 17.0. The summed E-state index contributed by atoms with van der Waals surface area (Å²) in [5.41, 5.74) is 0.854. The van der Waals surface area contributed by atoms with Crippen molar-refractivity contribution in [2.24, 2.45) is 0 Å². The number of sulfone groups is 1. The highest BCUT2D eigenvalue weighted by molar-refractivity contribution is 7.91. The lowest BCUT2D eigenvalue weighted by atomic mass is 10.2. The van der Waals surface area contributed by atoms with E-state index in [0.29, 0.717) is 31.3 Å². The van der Waals surface area contributed by atoms with Crippen LogP contribution in [0.1, 0.15) is 18.1 Å². The fourth-order valence-electron chi connectivity index (χ4n) is 3.17. The third-order valence-corrected chi connectivity index (χ3v) is 6.24. The van der Waals surface area contributed by atoms with Crippen molar-refractivity contribution in [2.45, 2.75) is 25.6 Å². The Balaban J connectivity index is 1.54. The summed E-state index contributed by atoms with van der Waals surface area (Å²) in [6.45, 7) is 0.872. The van der Waals surface area contributed by atoms with Crippen molar-refractivity contribution in [3.63, 3.8) is 0 Å². The molecular formula is C18H19N3O4S. The molecule has 0 N–H and O–H groups in total. The van der Waals surface area contributed by atoms with Crippen molar-refractivity contribution in [2.75, 3.05) is 11.5 Å². The highest BCUT2D eigenvalue weighted by Crippen LogP contribution is 2.23. The first-order valence-electron chi connectivity index (χ1n) is 8.44. The van der Waals surface area contributed by atoms with Crippen LogP contribution in [0.3, 0.4) is 0 Å². The molecule has 3 heterocycles. The average Bonchev–Trinajstić information content (AvgIpc) is 3.36. The Morgan fingerprint density at radius 2 is 1.92 bits per heavy atom. The lowest BCUT2D eigenvalue weighted by molar-refractivity contribution is 0.163. The highest BCUT2D eigenvalue weighted by atomic mass is 32.2. The van der Waals surface area contributed by atoms with E-state index in [4.69, 9.17) is 8.83 Å². The molecule has 0 bridgehead atoms. The van der Waals surface area contributed by atoms with Gasteiger partial charge in [-0.2, -0.15) is 0 Å². The Morgan fingerprint density at radius 1 is 1.08 bits per heavy atom. The van der Waals surface area contributed by atoms with Crippen LogP contribution in [0.5, 0.6) is 0 Å². The lowest BCUT2D eigenvalue weighted by Gasteiger charge is -2.25. The molecule has 0 spiro atoms. The quantitative estimate of drug-likeness (QED) is 0.656. The van der Waals surface area contributed by atoms with E-state index in [-0.39, 0.29) is 17.5 Å². The minimum atomic E-state index is -2.99. The molecule has 1 saturated heterocycles. The van der Waals surface area contributed by atoms with Gasteiger partial charge in [0.25, 0.3) is 0 Å². The molecule has 0 aliphatic carbocycles. The Hall–Kier alpha value is -2.45. The molecule has 8 heteroatoms. The van der Waals surface area contributed by atoms with Gasteiger partial charge in [0.15, 0.2) is 9.84 Å². The number of nitrogens with zero attached hydrogens (tertiary/aromatic N) is 3. The monoisotopic (exact) mass is 373 g/mol. The third-order valence-electron chi connectivity index (χ3n) is 4.49. The van der Waals surface area contributed by atoms with Crippen molar-refractivity contribution < 1.29 is 17.3 Å². The summed E-state index contributed by atoms with van der Waals surface area (Å²) in [6, 6.07) is 13.2. The second kappa shape index (κ2) is 7.05.